The van der Waals surface area contributed by atoms with Crippen molar-refractivity contribution in [2.75, 3.05) is 38.7 Å². The summed E-state index contributed by atoms with van der Waals surface area (Å²) in [5, 5.41) is 0.940. The summed E-state index contributed by atoms with van der Waals surface area (Å²) in [4.78, 5) is 21.9. The highest BCUT2D eigenvalue weighted by Gasteiger charge is 2.25. The summed E-state index contributed by atoms with van der Waals surface area (Å²) in [7, 11) is 1.92. The number of benzene rings is 2. The number of nitrogen functional groups attached to an aromatic ring is 1. The normalized spacial score (nSPS) is 15.4. The standard InChI is InChI=1S/C27H27N5O4/c1-30-22-5-4-21(36-26-7-3-20(28)15-29-26)13-19(22)14-23(30)27(33)32-10-8-31(9-11-32)16-18-2-6-24-25(12-18)35-17-34-24/h2-7,12-15H,8-11,16-17,28H2,1H3. The number of rotatable bonds is 5. The first kappa shape index (κ1) is 22.2. The van der Waals surface area contributed by atoms with Gasteiger partial charge in [0.05, 0.1) is 11.9 Å². The van der Waals surface area contributed by atoms with E-state index in [1.165, 1.54) is 5.56 Å². The van der Waals surface area contributed by atoms with E-state index in [0.29, 0.717) is 36.1 Å². The van der Waals surface area contributed by atoms with Gasteiger partial charge in [-0.1, -0.05) is 6.07 Å². The van der Waals surface area contributed by atoms with Crippen molar-refractivity contribution >= 4 is 22.5 Å². The third-order valence-corrected chi connectivity index (χ3v) is 6.72. The van der Waals surface area contributed by atoms with Crippen molar-refractivity contribution in [3.8, 4) is 23.1 Å². The fourth-order valence-corrected chi connectivity index (χ4v) is 4.74. The molecule has 2 aliphatic heterocycles. The van der Waals surface area contributed by atoms with Crippen LogP contribution in [0, 0.1) is 0 Å². The zero-order chi connectivity index (χ0) is 24.6. The Hall–Kier alpha value is -4.24. The second-order valence-electron chi connectivity index (χ2n) is 9.10. The number of pyridine rings is 1. The Morgan fingerprint density at radius 3 is 2.64 bits per heavy atom. The minimum Gasteiger partial charge on any atom is -0.454 e. The zero-order valence-corrected chi connectivity index (χ0v) is 20.0. The van der Waals surface area contributed by atoms with Crippen molar-refractivity contribution in [1.82, 2.24) is 19.4 Å². The van der Waals surface area contributed by atoms with Gasteiger partial charge in [-0.15, -0.1) is 0 Å². The maximum absolute atomic E-state index is 13.4. The third-order valence-electron chi connectivity index (χ3n) is 6.72. The Labute approximate surface area is 208 Å². The molecule has 0 spiro atoms. The number of fused-ring (bicyclic) bond motifs is 2. The van der Waals surface area contributed by atoms with E-state index in [9.17, 15) is 4.79 Å². The van der Waals surface area contributed by atoms with Gasteiger partial charge in [0, 0.05) is 56.7 Å². The molecule has 4 heterocycles. The van der Waals surface area contributed by atoms with Crippen LogP contribution in [0.1, 0.15) is 16.1 Å². The fourth-order valence-electron chi connectivity index (χ4n) is 4.74. The van der Waals surface area contributed by atoms with Crippen LogP contribution in [0.3, 0.4) is 0 Å². The Bertz CT molecular complexity index is 1420. The predicted molar refractivity (Wildman–Crippen MR) is 135 cm³/mol. The molecule has 2 aromatic heterocycles. The minimum atomic E-state index is 0.0408. The van der Waals surface area contributed by atoms with Gasteiger partial charge >= 0.3 is 0 Å². The molecular weight excluding hydrogens is 458 g/mol. The first-order chi connectivity index (χ1) is 17.5. The first-order valence-corrected chi connectivity index (χ1v) is 11.9. The number of anilines is 1. The highest BCUT2D eigenvalue weighted by Crippen LogP contribution is 2.33. The maximum atomic E-state index is 13.4. The van der Waals surface area contributed by atoms with Crippen LogP contribution in [0.25, 0.3) is 10.9 Å². The topological polar surface area (TPSA) is 95.1 Å². The summed E-state index contributed by atoms with van der Waals surface area (Å²) in [5.41, 5.74) is 9.09. The number of nitrogens with zero attached hydrogens (tertiary/aromatic N) is 4. The lowest BCUT2D eigenvalue weighted by Gasteiger charge is -2.34. The lowest BCUT2D eigenvalue weighted by atomic mass is 10.1. The van der Waals surface area contributed by atoms with Crippen molar-refractivity contribution in [1.29, 1.82) is 0 Å². The molecule has 1 fully saturated rings. The molecule has 2 N–H and O–H groups in total. The zero-order valence-electron chi connectivity index (χ0n) is 20.0. The molecule has 184 valence electrons. The van der Waals surface area contributed by atoms with Crippen molar-refractivity contribution in [2.45, 2.75) is 6.54 Å². The number of aryl methyl sites for hydroxylation is 1. The quantitative estimate of drug-likeness (QED) is 0.461. The third kappa shape index (κ3) is 4.29. The molecule has 1 saturated heterocycles. The summed E-state index contributed by atoms with van der Waals surface area (Å²) < 4.78 is 18.7. The Balaban J connectivity index is 1.11. The average Bonchev–Trinajstić information content (AvgIpc) is 3.49. The molecule has 1 amide bonds. The van der Waals surface area contributed by atoms with E-state index in [1.807, 2.05) is 52.9 Å². The van der Waals surface area contributed by atoms with Gasteiger partial charge in [0.2, 0.25) is 12.7 Å². The van der Waals surface area contributed by atoms with Gasteiger partial charge in [0.15, 0.2) is 11.5 Å². The van der Waals surface area contributed by atoms with Gasteiger partial charge in [0.25, 0.3) is 5.91 Å². The van der Waals surface area contributed by atoms with Gasteiger partial charge in [-0.3, -0.25) is 9.69 Å². The molecular formula is C27H27N5O4. The van der Waals surface area contributed by atoms with Crippen LogP contribution >= 0.6 is 0 Å². The lowest BCUT2D eigenvalue weighted by molar-refractivity contribution is 0.0619. The Morgan fingerprint density at radius 2 is 1.83 bits per heavy atom. The van der Waals surface area contributed by atoms with Crippen LogP contribution in [0.15, 0.2) is 60.8 Å². The molecule has 9 heteroatoms. The minimum absolute atomic E-state index is 0.0408. The smallest absolute Gasteiger partial charge is 0.270 e. The highest BCUT2D eigenvalue weighted by atomic mass is 16.7. The first-order valence-electron chi connectivity index (χ1n) is 11.9. The van der Waals surface area contributed by atoms with E-state index in [2.05, 4.69) is 16.0 Å². The molecule has 2 aliphatic rings. The number of ether oxygens (including phenoxy) is 3. The summed E-state index contributed by atoms with van der Waals surface area (Å²) in [6, 6.07) is 17.2. The monoisotopic (exact) mass is 485 g/mol. The van der Waals surface area contributed by atoms with Crippen molar-refractivity contribution in [3.05, 3.63) is 72.1 Å². The Morgan fingerprint density at radius 1 is 1.00 bits per heavy atom. The van der Waals surface area contributed by atoms with Crippen LogP contribution in [0.4, 0.5) is 5.69 Å². The number of amides is 1. The molecule has 4 aromatic rings. The van der Waals surface area contributed by atoms with E-state index in [4.69, 9.17) is 19.9 Å². The van der Waals surface area contributed by atoms with E-state index in [1.54, 1.807) is 18.3 Å². The molecule has 2 aromatic carbocycles. The molecule has 0 atom stereocenters. The van der Waals surface area contributed by atoms with E-state index >= 15 is 0 Å². The van der Waals surface area contributed by atoms with E-state index in [-0.39, 0.29) is 12.7 Å². The number of hydrogen-bond acceptors (Lipinski definition) is 7. The van der Waals surface area contributed by atoms with Gasteiger partial charge in [-0.25, -0.2) is 4.98 Å². The number of aromatic nitrogens is 2. The van der Waals surface area contributed by atoms with Crippen LogP contribution in [-0.4, -0.2) is 58.2 Å². The van der Waals surface area contributed by atoms with Crippen LogP contribution in [-0.2, 0) is 13.6 Å². The second kappa shape index (κ2) is 9.09. The average molecular weight is 486 g/mol. The Kier molecular flexibility index (Phi) is 5.61. The maximum Gasteiger partial charge on any atom is 0.270 e. The number of nitrogens with two attached hydrogens (primary N) is 1. The van der Waals surface area contributed by atoms with E-state index < -0.39 is 0 Å². The largest absolute Gasteiger partial charge is 0.454 e. The number of hydrogen-bond donors (Lipinski definition) is 1. The van der Waals surface area contributed by atoms with Crippen LogP contribution in [0.5, 0.6) is 23.1 Å². The second-order valence-corrected chi connectivity index (χ2v) is 9.10. The van der Waals surface area contributed by atoms with Crippen LogP contribution < -0.4 is 19.9 Å². The van der Waals surface area contributed by atoms with Gasteiger partial charge in [-0.2, -0.15) is 0 Å². The van der Waals surface area contributed by atoms with Crippen molar-refractivity contribution in [2.24, 2.45) is 7.05 Å². The number of carbonyl (C=O) groups is 1. The summed E-state index contributed by atoms with van der Waals surface area (Å²) in [5.74, 6) is 2.76. The fraction of sp³-hybridized carbons (Fsp3) is 0.259. The molecule has 0 saturated carbocycles. The molecule has 36 heavy (non-hydrogen) atoms. The van der Waals surface area contributed by atoms with E-state index in [0.717, 1.165) is 42.0 Å². The molecule has 0 aliphatic carbocycles. The highest BCUT2D eigenvalue weighted by molar-refractivity contribution is 5.99. The van der Waals surface area contributed by atoms with Gasteiger partial charge in [-0.05, 0) is 48.0 Å². The molecule has 0 radical (unpaired) electrons. The van der Waals surface area contributed by atoms with Gasteiger partial charge < -0.3 is 29.4 Å². The van der Waals surface area contributed by atoms with Crippen molar-refractivity contribution < 1.29 is 19.0 Å². The molecule has 9 nitrogen and oxygen atoms in total. The van der Waals surface area contributed by atoms with Crippen molar-refractivity contribution in [3.63, 3.8) is 0 Å². The lowest BCUT2D eigenvalue weighted by Crippen LogP contribution is -2.48. The molecule has 0 bridgehead atoms. The molecule has 0 unspecified atom stereocenters. The summed E-state index contributed by atoms with van der Waals surface area (Å²) in [6.45, 7) is 4.10. The molecule has 6 rings (SSSR count). The van der Waals surface area contributed by atoms with Crippen LogP contribution in [0.2, 0.25) is 0 Å². The number of carbonyl (C=O) groups excluding carboxylic acids is 1. The number of piperazine rings is 1. The van der Waals surface area contributed by atoms with Gasteiger partial charge in [0.1, 0.15) is 11.4 Å². The predicted octanol–water partition coefficient (Wildman–Crippen LogP) is 3.63. The summed E-state index contributed by atoms with van der Waals surface area (Å²) in [6.07, 6.45) is 1.56. The SMILES string of the molecule is Cn1c(C(=O)N2CCN(Cc3ccc4c(c3)OCO4)CC2)cc2cc(Oc3ccc(N)cn3)ccc21. The summed E-state index contributed by atoms with van der Waals surface area (Å²) >= 11 is 0.